The monoisotopic (exact) mass is 416 g/mol. The largest absolute Gasteiger partial charge is 0.480 e. The van der Waals surface area contributed by atoms with E-state index >= 15 is 0 Å². The summed E-state index contributed by atoms with van der Waals surface area (Å²) in [5.74, 6) is -1.94. The number of carbonyl (C=O) groups is 4. The van der Waals surface area contributed by atoms with Gasteiger partial charge in [0.05, 0.1) is 6.04 Å². The molecule has 0 bridgehead atoms. The summed E-state index contributed by atoms with van der Waals surface area (Å²) in [7, 11) is 0. The highest BCUT2D eigenvalue weighted by Crippen LogP contribution is 2.21. The number of hydrogen-bond acceptors (Lipinski definition) is 6. The number of likely N-dealkylation sites (tertiary alicyclic amines) is 1. The van der Waals surface area contributed by atoms with Gasteiger partial charge in [0.15, 0.2) is 0 Å². The number of carbonyl (C=O) groups excluding carboxylic acids is 3. The van der Waals surface area contributed by atoms with Crippen LogP contribution < -0.4 is 16.4 Å². The highest BCUT2D eigenvalue weighted by atomic mass is 32.2. The maximum Gasteiger partial charge on any atom is 0.326 e. The van der Waals surface area contributed by atoms with Crippen molar-refractivity contribution < 1.29 is 24.3 Å². The van der Waals surface area contributed by atoms with Crippen LogP contribution in [-0.4, -0.2) is 76.4 Å². The van der Waals surface area contributed by atoms with Crippen LogP contribution in [0.25, 0.3) is 0 Å². The van der Waals surface area contributed by atoms with Crippen LogP contribution in [0.15, 0.2) is 0 Å². The van der Waals surface area contributed by atoms with E-state index in [-0.39, 0.29) is 11.8 Å². The SMILES string of the molecule is CSCCC(NC(=O)C1CCCN1C(=O)C(NC(=O)C(C)N)C(C)C)C(=O)O. The Hall–Kier alpha value is -1.81. The highest BCUT2D eigenvalue weighted by Gasteiger charge is 2.39. The molecule has 1 fully saturated rings. The number of carboxylic acids is 1. The molecular weight excluding hydrogens is 384 g/mol. The van der Waals surface area contributed by atoms with Gasteiger partial charge in [0.25, 0.3) is 0 Å². The average molecular weight is 417 g/mol. The summed E-state index contributed by atoms with van der Waals surface area (Å²) in [6, 6.07) is -3.27. The van der Waals surface area contributed by atoms with E-state index in [1.165, 1.54) is 23.6 Å². The summed E-state index contributed by atoms with van der Waals surface area (Å²) in [6.45, 7) is 5.52. The number of hydrogen-bond donors (Lipinski definition) is 4. The Balaban J connectivity index is 2.88. The molecule has 4 atom stereocenters. The Morgan fingerprint density at radius 1 is 1.21 bits per heavy atom. The van der Waals surface area contributed by atoms with Gasteiger partial charge in [-0.25, -0.2) is 4.79 Å². The van der Waals surface area contributed by atoms with Crippen LogP contribution in [-0.2, 0) is 19.2 Å². The molecule has 10 heteroatoms. The van der Waals surface area contributed by atoms with E-state index < -0.39 is 42.0 Å². The second kappa shape index (κ2) is 11.3. The summed E-state index contributed by atoms with van der Waals surface area (Å²) < 4.78 is 0. The second-order valence-corrected chi connectivity index (χ2v) is 8.38. The first-order valence-electron chi connectivity index (χ1n) is 9.48. The van der Waals surface area contributed by atoms with Crippen molar-refractivity contribution in [2.24, 2.45) is 11.7 Å². The minimum Gasteiger partial charge on any atom is -0.480 e. The first-order chi connectivity index (χ1) is 13.1. The molecule has 160 valence electrons. The Morgan fingerprint density at radius 3 is 2.36 bits per heavy atom. The third-order valence-electron chi connectivity index (χ3n) is 4.71. The van der Waals surface area contributed by atoms with Gasteiger partial charge >= 0.3 is 5.97 Å². The van der Waals surface area contributed by atoms with Crippen LogP contribution in [0, 0.1) is 5.92 Å². The zero-order valence-electron chi connectivity index (χ0n) is 16.9. The maximum atomic E-state index is 13.0. The van der Waals surface area contributed by atoms with Crippen LogP contribution >= 0.6 is 11.8 Å². The minimum absolute atomic E-state index is 0.187. The van der Waals surface area contributed by atoms with E-state index in [1.807, 2.05) is 6.26 Å². The molecule has 0 radical (unpaired) electrons. The van der Waals surface area contributed by atoms with Gasteiger partial charge in [-0.15, -0.1) is 0 Å². The second-order valence-electron chi connectivity index (χ2n) is 7.39. The lowest BCUT2D eigenvalue weighted by Gasteiger charge is -2.31. The minimum atomic E-state index is -1.09. The normalized spacial score (nSPS) is 19.8. The summed E-state index contributed by atoms with van der Waals surface area (Å²) in [6.07, 6.45) is 3.26. The summed E-state index contributed by atoms with van der Waals surface area (Å²) >= 11 is 1.50. The van der Waals surface area contributed by atoms with Crippen LogP contribution in [0.3, 0.4) is 0 Å². The Labute approximate surface area is 170 Å². The molecule has 1 aliphatic rings. The first-order valence-corrected chi connectivity index (χ1v) is 10.9. The summed E-state index contributed by atoms with van der Waals surface area (Å²) in [5, 5.41) is 14.5. The van der Waals surface area contributed by atoms with Crippen LogP contribution in [0.1, 0.15) is 40.0 Å². The Kier molecular flexibility index (Phi) is 9.74. The van der Waals surface area contributed by atoms with Crippen molar-refractivity contribution in [3.8, 4) is 0 Å². The summed E-state index contributed by atoms with van der Waals surface area (Å²) in [4.78, 5) is 50.5. The van der Waals surface area contributed by atoms with Crippen molar-refractivity contribution in [3.05, 3.63) is 0 Å². The molecule has 0 aromatic carbocycles. The van der Waals surface area contributed by atoms with Gasteiger partial charge in [0.2, 0.25) is 17.7 Å². The number of nitrogens with zero attached hydrogens (tertiary/aromatic N) is 1. The molecule has 0 saturated carbocycles. The van der Waals surface area contributed by atoms with Gasteiger partial charge in [-0.1, -0.05) is 13.8 Å². The lowest BCUT2D eigenvalue weighted by atomic mass is 10.0. The predicted molar refractivity (Wildman–Crippen MR) is 108 cm³/mol. The number of nitrogens with two attached hydrogens (primary N) is 1. The van der Waals surface area contributed by atoms with E-state index in [0.717, 1.165) is 0 Å². The fourth-order valence-corrected chi connectivity index (χ4v) is 3.51. The number of aliphatic carboxylic acids is 1. The van der Waals surface area contributed by atoms with Gasteiger partial charge in [-0.2, -0.15) is 11.8 Å². The van der Waals surface area contributed by atoms with E-state index in [0.29, 0.717) is 31.6 Å². The summed E-state index contributed by atoms with van der Waals surface area (Å²) in [5.41, 5.74) is 5.58. The van der Waals surface area contributed by atoms with Crippen molar-refractivity contribution in [2.45, 2.75) is 64.2 Å². The van der Waals surface area contributed by atoms with E-state index in [4.69, 9.17) is 5.73 Å². The fourth-order valence-electron chi connectivity index (χ4n) is 3.04. The fraction of sp³-hybridized carbons (Fsp3) is 0.778. The topological polar surface area (TPSA) is 142 Å². The van der Waals surface area contributed by atoms with Crippen LogP contribution in [0.4, 0.5) is 0 Å². The maximum absolute atomic E-state index is 13.0. The molecule has 1 rings (SSSR count). The zero-order valence-corrected chi connectivity index (χ0v) is 17.8. The molecule has 3 amide bonds. The molecule has 9 nitrogen and oxygen atoms in total. The highest BCUT2D eigenvalue weighted by molar-refractivity contribution is 7.98. The molecule has 1 saturated heterocycles. The molecule has 0 aromatic rings. The average Bonchev–Trinajstić information content (AvgIpc) is 3.11. The molecule has 4 unspecified atom stereocenters. The van der Waals surface area contributed by atoms with Crippen molar-refractivity contribution >= 4 is 35.5 Å². The smallest absolute Gasteiger partial charge is 0.326 e. The van der Waals surface area contributed by atoms with E-state index in [2.05, 4.69) is 10.6 Å². The van der Waals surface area contributed by atoms with Gasteiger partial charge < -0.3 is 26.4 Å². The Morgan fingerprint density at radius 2 is 1.86 bits per heavy atom. The third kappa shape index (κ3) is 6.66. The van der Waals surface area contributed by atoms with Crippen molar-refractivity contribution in [1.82, 2.24) is 15.5 Å². The molecule has 28 heavy (non-hydrogen) atoms. The van der Waals surface area contributed by atoms with E-state index in [1.54, 1.807) is 13.8 Å². The van der Waals surface area contributed by atoms with Crippen molar-refractivity contribution in [2.75, 3.05) is 18.6 Å². The standard InChI is InChI=1S/C18H32N4O5S/c1-10(2)14(21-15(23)11(3)19)17(25)22-8-5-6-13(22)16(24)20-12(18(26)27)7-9-28-4/h10-14H,5-9,19H2,1-4H3,(H,20,24)(H,21,23)(H,26,27). The zero-order chi connectivity index (χ0) is 21.4. The van der Waals surface area contributed by atoms with Gasteiger partial charge in [-0.3, -0.25) is 14.4 Å². The predicted octanol–water partition coefficient (Wildman–Crippen LogP) is -0.212. The van der Waals surface area contributed by atoms with Crippen LogP contribution in [0.2, 0.25) is 0 Å². The number of thioether (sulfide) groups is 1. The molecule has 0 spiro atoms. The number of amides is 3. The number of rotatable bonds is 10. The molecule has 1 aliphatic heterocycles. The molecule has 5 N–H and O–H groups in total. The van der Waals surface area contributed by atoms with Crippen LogP contribution in [0.5, 0.6) is 0 Å². The molecular formula is C18H32N4O5S. The van der Waals surface area contributed by atoms with Gasteiger partial charge in [-0.05, 0) is 44.1 Å². The van der Waals surface area contributed by atoms with Crippen molar-refractivity contribution in [3.63, 3.8) is 0 Å². The van der Waals surface area contributed by atoms with E-state index in [9.17, 15) is 24.3 Å². The lowest BCUT2D eigenvalue weighted by molar-refractivity contribution is -0.145. The Bertz CT molecular complexity index is 584. The number of nitrogens with one attached hydrogen (secondary N) is 2. The first kappa shape index (κ1) is 24.2. The quantitative estimate of drug-likeness (QED) is 0.386. The van der Waals surface area contributed by atoms with Gasteiger partial charge in [0.1, 0.15) is 18.1 Å². The molecule has 0 aromatic heterocycles. The molecule has 0 aliphatic carbocycles. The molecule has 1 heterocycles. The third-order valence-corrected chi connectivity index (χ3v) is 5.35. The lowest BCUT2D eigenvalue weighted by Crippen LogP contribution is -2.57. The number of carboxylic acid groups (broad SMARTS) is 1. The van der Waals surface area contributed by atoms with Gasteiger partial charge in [0, 0.05) is 6.54 Å². The van der Waals surface area contributed by atoms with Crippen molar-refractivity contribution in [1.29, 1.82) is 0 Å².